The molecule has 0 fully saturated rings. The number of hydrogen-bond acceptors (Lipinski definition) is 4. The predicted molar refractivity (Wildman–Crippen MR) is 78.8 cm³/mol. The van der Waals surface area contributed by atoms with Gasteiger partial charge in [0.05, 0.1) is 0 Å². The van der Waals surface area contributed by atoms with E-state index in [1.54, 1.807) is 18.2 Å². The Labute approximate surface area is 118 Å². The lowest BCUT2D eigenvalue weighted by Gasteiger charge is -2.08. The van der Waals surface area contributed by atoms with Gasteiger partial charge in [0.2, 0.25) is 0 Å². The lowest BCUT2D eigenvalue weighted by molar-refractivity contribution is 0.597. The average molecular weight is 291 g/mol. The van der Waals surface area contributed by atoms with Crippen LogP contribution in [-0.2, 0) is 23.0 Å². The van der Waals surface area contributed by atoms with E-state index in [-0.39, 0.29) is 5.03 Å². The Balaban J connectivity index is 2.20. The molecule has 1 heterocycles. The molecular weight excluding hydrogens is 274 g/mol. The zero-order chi connectivity index (χ0) is 14.6. The normalized spacial score (nSPS) is 11.3. The Morgan fingerprint density at radius 2 is 1.75 bits per heavy atom. The van der Waals surface area contributed by atoms with E-state index >= 15 is 0 Å². The van der Waals surface area contributed by atoms with E-state index < -0.39 is 10.0 Å². The molecule has 0 unspecified atom stereocenters. The number of hydrogen-bond donors (Lipinski definition) is 2. The first kappa shape index (κ1) is 14.5. The van der Waals surface area contributed by atoms with Crippen molar-refractivity contribution in [2.45, 2.75) is 24.9 Å². The number of nitrogens with one attached hydrogen (secondary N) is 1. The van der Waals surface area contributed by atoms with Crippen LogP contribution >= 0.6 is 0 Å². The standard InChI is InChI=1S/C14H17N3O2S/c1-2-11-3-6-13(7-4-11)17-20(18,19)14-8-5-12(9-15)10-16-14/h3-8,10,17H,2,9,15H2,1H3. The van der Waals surface area contributed by atoms with Crippen LogP contribution in [0.15, 0.2) is 47.6 Å². The van der Waals surface area contributed by atoms with Crippen LogP contribution in [0.4, 0.5) is 5.69 Å². The van der Waals surface area contributed by atoms with E-state index in [4.69, 9.17) is 5.73 Å². The van der Waals surface area contributed by atoms with Crippen LogP contribution in [-0.4, -0.2) is 13.4 Å². The monoisotopic (exact) mass is 291 g/mol. The van der Waals surface area contributed by atoms with E-state index in [0.29, 0.717) is 12.2 Å². The Bertz CT molecular complexity index is 665. The predicted octanol–water partition coefficient (Wildman–Crippen LogP) is 1.90. The van der Waals surface area contributed by atoms with Gasteiger partial charge in [-0.1, -0.05) is 25.1 Å². The molecular formula is C14H17N3O2S. The molecule has 3 N–H and O–H groups in total. The summed E-state index contributed by atoms with van der Waals surface area (Å²) < 4.78 is 26.8. The summed E-state index contributed by atoms with van der Waals surface area (Å²) in [6.45, 7) is 2.38. The molecule has 0 aliphatic heterocycles. The van der Waals surface area contributed by atoms with Crippen LogP contribution in [0.2, 0.25) is 0 Å². The molecule has 1 aromatic carbocycles. The molecule has 0 amide bonds. The summed E-state index contributed by atoms with van der Waals surface area (Å²) in [6.07, 6.45) is 2.38. The van der Waals surface area contributed by atoms with Gasteiger partial charge in [0.25, 0.3) is 10.0 Å². The number of nitrogens with zero attached hydrogens (tertiary/aromatic N) is 1. The minimum atomic E-state index is -3.66. The summed E-state index contributed by atoms with van der Waals surface area (Å²) in [4.78, 5) is 3.92. The second-order valence-electron chi connectivity index (χ2n) is 4.36. The number of pyridine rings is 1. The maximum absolute atomic E-state index is 12.2. The van der Waals surface area contributed by atoms with Crippen molar-refractivity contribution in [2.75, 3.05) is 4.72 Å². The van der Waals surface area contributed by atoms with Gasteiger partial charge in [0.1, 0.15) is 0 Å². The molecule has 0 saturated carbocycles. The van der Waals surface area contributed by atoms with Crippen molar-refractivity contribution in [1.82, 2.24) is 4.98 Å². The molecule has 0 aliphatic rings. The third-order valence-corrected chi connectivity index (χ3v) is 4.22. The second-order valence-corrected chi connectivity index (χ2v) is 5.99. The summed E-state index contributed by atoms with van der Waals surface area (Å²) in [5, 5.41) is -0.0192. The molecule has 2 aromatic rings. The van der Waals surface area contributed by atoms with Gasteiger partial charge < -0.3 is 5.73 Å². The van der Waals surface area contributed by atoms with Crippen molar-refractivity contribution in [3.63, 3.8) is 0 Å². The maximum Gasteiger partial charge on any atom is 0.279 e. The second kappa shape index (κ2) is 6.02. The van der Waals surface area contributed by atoms with E-state index in [0.717, 1.165) is 17.5 Å². The van der Waals surface area contributed by atoms with Crippen molar-refractivity contribution in [2.24, 2.45) is 5.73 Å². The molecule has 106 valence electrons. The summed E-state index contributed by atoms with van der Waals surface area (Å²) >= 11 is 0. The van der Waals surface area contributed by atoms with Crippen molar-refractivity contribution >= 4 is 15.7 Å². The van der Waals surface area contributed by atoms with Crippen LogP contribution in [0, 0.1) is 0 Å². The first-order valence-electron chi connectivity index (χ1n) is 6.32. The van der Waals surface area contributed by atoms with Crippen LogP contribution in [0.1, 0.15) is 18.1 Å². The number of benzene rings is 1. The summed E-state index contributed by atoms with van der Waals surface area (Å²) in [5.74, 6) is 0. The molecule has 5 nitrogen and oxygen atoms in total. The molecule has 0 radical (unpaired) electrons. The van der Waals surface area contributed by atoms with Gasteiger partial charge in [-0.15, -0.1) is 0 Å². The Kier molecular flexibility index (Phi) is 4.36. The van der Waals surface area contributed by atoms with Crippen LogP contribution in [0.25, 0.3) is 0 Å². The lowest BCUT2D eigenvalue weighted by Crippen LogP contribution is -2.14. The Morgan fingerprint density at radius 1 is 1.10 bits per heavy atom. The molecule has 2 rings (SSSR count). The van der Waals surface area contributed by atoms with Crippen molar-refractivity contribution < 1.29 is 8.42 Å². The SMILES string of the molecule is CCc1ccc(NS(=O)(=O)c2ccc(CN)cn2)cc1. The fourth-order valence-corrected chi connectivity index (χ4v) is 2.70. The third kappa shape index (κ3) is 3.34. The van der Waals surface area contributed by atoms with Crippen molar-refractivity contribution in [3.8, 4) is 0 Å². The van der Waals surface area contributed by atoms with E-state index in [1.165, 1.54) is 12.3 Å². The van der Waals surface area contributed by atoms with Crippen molar-refractivity contribution in [1.29, 1.82) is 0 Å². The Hall–Kier alpha value is -1.92. The number of nitrogens with two attached hydrogens (primary N) is 1. The maximum atomic E-state index is 12.2. The van der Waals surface area contributed by atoms with E-state index in [2.05, 4.69) is 9.71 Å². The molecule has 1 aromatic heterocycles. The highest BCUT2D eigenvalue weighted by Gasteiger charge is 2.15. The summed E-state index contributed by atoms with van der Waals surface area (Å²) in [5.41, 5.74) is 7.91. The first-order chi connectivity index (χ1) is 9.55. The third-order valence-electron chi connectivity index (χ3n) is 2.92. The molecule has 6 heteroatoms. The molecule has 20 heavy (non-hydrogen) atoms. The minimum Gasteiger partial charge on any atom is -0.326 e. The highest BCUT2D eigenvalue weighted by atomic mass is 32.2. The number of aromatic nitrogens is 1. The van der Waals surface area contributed by atoms with Crippen molar-refractivity contribution in [3.05, 3.63) is 53.7 Å². The summed E-state index contributed by atoms with van der Waals surface area (Å²) in [6, 6.07) is 10.4. The molecule has 0 saturated heterocycles. The molecule has 0 aliphatic carbocycles. The van der Waals surface area contributed by atoms with Gasteiger partial charge in [-0.2, -0.15) is 8.42 Å². The smallest absolute Gasteiger partial charge is 0.279 e. The van der Waals surface area contributed by atoms with Gasteiger partial charge >= 0.3 is 0 Å². The van der Waals surface area contributed by atoms with Gasteiger partial charge in [0.15, 0.2) is 5.03 Å². The van der Waals surface area contributed by atoms with E-state index in [1.807, 2.05) is 19.1 Å². The fourth-order valence-electron chi connectivity index (χ4n) is 1.71. The largest absolute Gasteiger partial charge is 0.326 e. The minimum absolute atomic E-state index is 0.0192. The highest BCUT2D eigenvalue weighted by molar-refractivity contribution is 7.92. The molecule has 0 atom stereocenters. The number of sulfonamides is 1. The lowest BCUT2D eigenvalue weighted by atomic mass is 10.2. The van der Waals surface area contributed by atoms with Crippen LogP contribution < -0.4 is 10.5 Å². The number of anilines is 1. The topological polar surface area (TPSA) is 85.1 Å². The summed E-state index contributed by atoms with van der Waals surface area (Å²) in [7, 11) is -3.66. The highest BCUT2D eigenvalue weighted by Crippen LogP contribution is 2.15. The first-order valence-corrected chi connectivity index (χ1v) is 7.80. The molecule has 0 bridgehead atoms. The van der Waals surface area contributed by atoms with E-state index in [9.17, 15) is 8.42 Å². The zero-order valence-corrected chi connectivity index (χ0v) is 12.0. The van der Waals surface area contributed by atoms with Gasteiger partial charge in [-0.3, -0.25) is 4.72 Å². The molecule has 0 spiro atoms. The van der Waals surface area contributed by atoms with Crippen LogP contribution in [0.5, 0.6) is 0 Å². The number of aryl methyl sites for hydroxylation is 1. The quantitative estimate of drug-likeness (QED) is 0.881. The zero-order valence-electron chi connectivity index (χ0n) is 11.2. The number of rotatable bonds is 5. The Morgan fingerprint density at radius 3 is 2.25 bits per heavy atom. The average Bonchev–Trinajstić information content (AvgIpc) is 2.48. The van der Waals surface area contributed by atoms with Gasteiger partial charge in [0, 0.05) is 18.4 Å². The van der Waals surface area contributed by atoms with Crippen LogP contribution in [0.3, 0.4) is 0 Å². The van der Waals surface area contributed by atoms with Gasteiger partial charge in [-0.05, 0) is 35.7 Å². The van der Waals surface area contributed by atoms with Gasteiger partial charge in [-0.25, -0.2) is 4.98 Å². The fraction of sp³-hybridized carbons (Fsp3) is 0.214.